The summed E-state index contributed by atoms with van der Waals surface area (Å²) in [6.07, 6.45) is 16.2. The molecule has 0 bridgehead atoms. The molecule has 0 aliphatic rings. The average Bonchev–Trinajstić information content (AvgIpc) is 2.92. The number of hydrogen-bond acceptors (Lipinski definition) is 7. The van der Waals surface area contributed by atoms with Crippen LogP contribution in [-0.2, 0) is 4.79 Å². The fraction of sp³-hybridized carbons (Fsp3) is 0.967. The summed E-state index contributed by atoms with van der Waals surface area (Å²) in [5.74, 6) is 0.921. The van der Waals surface area contributed by atoms with Crippen LogP contribution in [0.15, 0.2) is 0 Å². The van der Waals surface area contributed by atoms with Gasteiger partial charge in [-0.15, -0.1) is 0 Å². The van der Waals surface area contributed by atoms with Crippen LogP contribution >= 0.6 is 0 Å². The van der Waals surface area contributed by atoms with Crippen LogP contribution in [-0.4, -0.2) is 92.0 Å². The molecule has 7 N–H and O–H groups in total. The van der Waals surface area contributed by atoms with Crippen molar-refractivity contribution in [2.24, 2.45) is 5.92 Å². The monoisotopic (exact) mass is 542 g/mol. The second-order valence-electron chi connectivity index (χ2n) is 10.8. The van der Waals surface area contributed by atoms with Crippen LogP contribution in [0.2, 0.25) is 0 Å². The summed E-state index contributed by atoms with van der Waals surface area (Å²) in [7, 11) is 4.02. The van der Waals surface area contributed by atoms with Crippen LogP contribution in [0.3, 0.4) is 0 Å². The fourth-order valence-electron chi connectivity index (χ4n) is 4.52. The molecule has 228 valence electrons. The number of hydrogen-bond donors (Lipinski definition) is 7. The van der Waals surface area contributed by atoms with Crippen molar-refractivity contribution in [3.05, 3.63) is 0 Å². The van der Waals surface area contributed by atoms with Crippen LogP contribution in [0.25, 0.3) is 0 Å². The molecule has 0 aliphatic carbocycles. The lowest BCUT2D eigenvalue weighted by molar-refractivity contribution is -0.121. The first kappa shape index (κ1) is 37.2. The molecule has 0 saturated heterocycles. The van der Waals surface area contributed by atoms with Gasteiger partial charge in [-0.25, -0.2) is 0 Å². The van der Waals surface area contributed by atoms with E-state index < -0.39 is 0 Å². The second kappa shape index (κ2) is 32.4. The van der Waals surface area contributed by atoms with Gasteiger partial charge in [0.2, 0.25) is 5.91 Å². The Morgan fingerprint density at radius 3 is 1.63 bits per heavy atom. The topological polar surface area (TPSA) is 101 Å². The normalized spacial score (nSPS) is 12.2. The SMILES string of the molecule is CCCCCC(=O)NCCCCCCC(CNCCCCNCCCNC)CNCCCNCCCNC. The van der Waals surface area contributed by atoms with E-state index >= 15 is 0 Å². The maximum atomic E-state index is 11.8. The molecule has 0 aromatic heterocycles. The molecule has 8 heteroatoms. The molecule has 0 aromatic carbocycles. The summed E-state index contributed by atoms with van der Waals surface area (Å²) in [6.45, 7) is 14.0. The predicted molar refractivity (Wildman–Crippen MR) is 166 cm³/mol. The lowest BCUT2D eigenvalue weighted by Gasteiger charge is -2.19. The first-order valence-electron chi connectivity index (χ1n) is 16.1. The molecule has 0 fully saturated rings. The van der Waals surface area contributed by atoms with E-state index in [1.807, 2.05) is 14.1 Å². The predicted octanol–water partition coefficient (Wildman–Crippen LogP) is 3.00. The molecule has 0 saturated carbocycles. The Bertz CT molecular complexity index is 468. The first-order valence-corrected chi connectivity index (χ1v) is 16.1. The van der Waals surface area contributed by atoms with E-state index in [0.29, 0.717) is 12.3 Å². The molecule has 1 amide bonds. The molecule has 0 aromatic rings. The van der Waals surface area contributed by atoms with Crippen molar-refractivity contribution in [3.8, 4) is 0 Å². The molecule has 1 unspecified atom stereocenters. The number of amides is 1. The van der Waals surface area contributed by atoms with Crippen molar-refractivity contribution in [2.75, 3.05) is 86.1 Å². The van der Waals surface area contributed by atoms with Crippen molar-refractivity contribution in [1.82, 2.24) is 37.2 Å². The lowest BCUT2D eigenvalue weighted by Crippen LogP contribution is -2.33. The maximum absolute atomic E-state index is 11.8. The number of carbonyl (C=O) groups excluding carboxylic acids is 1. The zero-order valence-corrected chi connectivity index (χ0v) is 25.7. The second-order valence-corrected chi connectivity index (χ2v) is 10.8. The van der Waals surface area contributed by atoms with Gasteiger partial charge < -0.3 is 37.2 Å². The zero-order valence-electron chi connectivity index (χ0n) is 25.7. The highest BCUT2D eigenvalue weighted by Gasteiger charge is 2.08. The summed E-state index contributed by atoms with van der Waals surface area (Å²) in [4.78, 5) is 11.8. The van der Waals surface area contributed by atoms with Gasteiger partial charge in [-0.3, -0.25) is 4.79 Å². The highest BCUT2D eigenvalue weighted by molar-refractivity contribution is 5.75. The third-order valence-corrected chi connectivity index (χ3v) is 6.96. The molecule has 1 atom stereocenters. The largest absolute Gasteiger partial charge is 0.356 e. The summed E-state index contributed by atoms with van der Waals surface area (Å²) >= 11 is 0. The molecular weight excluding hydrogens is 474 g/mol. The van der Waals surface area contributed by atoms with Gasteiger partial charge in [0.1, 0.15) is 0 Å². The summed E-state index contributed by atoms with van der Waals surface area (Å²) in [6, 6.07) is 0. The zero-order chi connectivity index (χ0) is 27.8. The number of unbranched alkanes of at least 4 members (excludes halogenated alkanes) is 6. The number of rotatable bonds is 32. The van der Waals surface area contributed by atoms with Gasteiger partial charge >= 0.3 is 0 Å². The van der Waals surface area contributed by atoms with E-state index in [1.54, 1.807) is 0 Å². The number of carbonyl (C=O) groups is 1. The quantitative estimate of drug-likeness (QED) is 0.0658. The van der Waals surface area contributed by atoms with Crippen molar-refractivity contribution in [1.29, 1.82) is 0 Å². The van der Waals surface area contributed by atoms with Gasteiger partial charge in [-0.1, -0.05) is 39.0 Å². The Labute approximate surface area is 236 Å². The van der Waals surface area contributed by atoms with Gasteiger partial charge in [-0.05, 0) is 137 Å². The van der Waals surface area contributed by atoms with Crippen LogP contribution < -0.4 is 37.2 Å². The first-order chi connectivity index (χ1) is 18.7. The Morgan fingerprint density at radius 2 is 1.03 bits per heavy atom. The minimum Gasteiger partial charge on any atom is -0.356 e. The Balaban J connectivity index is 3.94. The van der Waals surface area contributed by atoms with Gasteiger partial charge in [0.25, 0.3) is 0 Å². The summed E-state index contributed by atoms with van der Waals surface area (Å²) in [5, 5.41) is 24.0. The lowest BCUT2D eigenvalue weighted by atomic mass is 10.00. The van der Waals surface area contributed by atoms with Crippen molar-refractivity contribution < 1.29 is 4.79 Å². The molecule has 0 aliphatic heterocycles. The standard InChI is InChI=1S/C30H67N7O/c1-4-5-8-17-30(38)37-26-10-7-6-9-16-29(28-36-25-15-24-34-23-14-19-32-3)27-35-21-12-11-20-33-22-13-18-31-2/h29,31-36H,4-28H2,1-3H3,(H,37,38). The summed E-state index contributed by atoms with van der Waals surface area (Å²) < 4.78 is 0. The Kier molecular flexibility index (Phi) is 31.8. The van der Waals surface area contributed by atoms with Crippen LogP contribution in [0.1, 0.15) is 96.8 Å². The molecule has 0 rings (SSSR count). The average molecular weight is 542 g/mol. The van der Waals surface area contributed by atoms with E-state index in [4.69, 9.17) is 0 Å². The summed E-state index contributed by atoms with van der Waals surface area (Å²) in [5.41, 5.74) is 0. The Hall–Kier alpha value is -0.770. The molecule has 0 spiro atoms. The van der Waals surface area contributed by atoms with E-state index in [9.17, 15) is 4.79 Å². The van der Waals surface area contributed by atoms with Gasteiger partial charge in [0.05, 0.1) is 0 Å². The molecule has 38 heavy (non-hydrogen) atoms. The minimum absolute atomic E-state index is 0.230. The van der Waals surface area contributed by atoms with E-state index in [0.717, 1.165) is 91.3 Å². The minimum atomic E-state index is 0.230. The third kappa shape index (κ3) is 29.8. The highest BCUT2D eigenvalue weighted by Crippen LogP contribution is 2.10. The van der Waals surface area contributed by atoms with Crippen molar-refractivity contribution >= 4 is 5.91 Å². The Morgan fingerprint density at radius 1 is 0.526 bits per heavy atom. The highest BCUT2D eigenvalue weighted by atomic mass is 16.1. The van der Waals surface area contributed by atoms with E-state index in [2.05, 4.69) is 44.1 Å². The van der Waals surface area contributed by atoms with Gasteiger partial charge in [0.15, 0.2) is 0 Å². The van der Waals surface area contributed by atoms with Crippen LogP contribution in [0, 0.1) is 5.92 Å². The van der Waals surface area contributed by atoms with Gasteiger partial charge in [0, 0.05) is 13.0 Å². The van der Waals surface area contributed by atoms with Gasteiger partial charge in [-0.2, -0.15) is 0 Å². The van der Waals surface area contributed by atoms with Crippen LogP contribution in [0.4, 0.5) is 0 Å². The molecule has 8 nitrogen and oxygen atoms in total. The maximum Gasteiger partial charge on any atom is 0.219 e. The molecule has 0 radical (unpaired) electrons. The van der Waals surface area contributed by atoms with Crippen molar-refractivity contribution in [3.63, 3.8) is 0 Å². The van der Waals surface area contributed by atoms with E-state index in [-0.39, 0.29) is 5.91 Å². The van der Waals surface area contributed by atoms with E-state index in [1.165, 1.54) is 64.2 Å². The fourth-order valence-corrected chi connectivity index (χ4v) is 4.52. The van der Waals surface area contributed by atoms with Crippen LogP contribution in [0.5, 0.6) is 0 Å². The number of nitrogens with one attached hydrogen (secondary N) is 7. The smallest absolute Gasteiger partial charge is 0.219 e. The molecular formula is C30H67N7O. The molecule has 0 heterocycles. The van der Waals surface area contributed by atoms with Crippen molar-refractivity contribution in [2.45, 2.75) is 96.8 Å². The third-order valence-electron chi connectivity index (χ3n) is 6.96.